The van der Waals surface area contributed by atoms with E-state index in [4.69, 9.17) is 16.3 Å². The number of phenolic OH excluding ortho intramolecular Hbond substituents is 1. The van der Waals surface area contributed by atoms with E-state index in [1.165, 1.54) is 24.3 Å². The van der Waals surface area contributed by atoms with Crippen LogP contribution in [0.5, 0.6) is 5.75 Å². The summed E-state index contributed by atoms with van der Waals surface area (Å²) < 4.78 is 19.9. The van der Waals surface area contributed by atoms with E-state index in [2.05, 4.69) is 26.2 Å². The standard InChI is InChI=1S/C17H16BrClFN3O3/c18-10-7-11(16(25)12(19)8-10)14(24)9-21-15-2-1-13(20)17(22-15)23-3-5-26-6-4-23/h1-2,7-8,25H,3-6,9H2,(H,21,22). The van der Waals surface area contributed by atoms with Crippen molar-refractivity contribution in [2.75, 3.05) is 43.1 Å². The van der Waals surface area contributed by atoms with Crippen molar-refractivity contribution in [1.82, 2.24) is 4.98 Å². The van der Waals surface area contributed by atoms with Crippen LogP contribution in [0.25, 0.3) is 0 Å². The van der Waals surface area contributed by atoms with E-state index in [9.17, 15) is 14.3 Å². The number of Topliss-reactive ketones (excluding diaryl/α,β-unsaturated/α-hetero) is 1. The number of hydrogen-bond donors (Lipinski definition) is 2. The number of ether oxygens (including phenoxy) is 1. The van der Waals surface area contributed by atoms with Gasteiger partial charge in [0, 0.05) is 17.6 Å². The maximum absolute atomic E-state index is 14.1. The summed E-state index contributed by atoms with van der Waals surface area (Å²) >= 11 is 9.12. The van der Waals surface area contributed by atoms with Gasteiger partial charge in [-0.15, -0.1) is 0 Å². The highest BCUT2D eigenvalue weighted by atomic mass is 79.9. The minimum atomic E-state index is -0.430. The number of halogens is 3. The Balaban J connectivity index is 1.73. The zero-order chi connectivity index (χ0) is 18.7. The molecule has 0 aliphatic carbocycles. The van der Waals surface area contributed by atoms with Gasteiger partial charge in [-0.1, -0.05) is 27.5 Å². The van der Waals surface area contributed by atoms with Gasteiger partial charge in [-0.05, 0) is 24.3 Å². The fraction of sp³-hybridized carbons (Fsp3) is 0.294. The Hall–Kier alpha value is -1.90. The monoisotopic (exact) mass is 443 g/mol. The summed E-state index contributed by atoms with van der Waals surface area (Å²) in [6.45, 7) is 2.01. The van der Waals surface area contributed by atoms with Gasteiger partial charge in [0.2, 0.25) is 0 Å². The Morgan fingerprint density at radius 2 is 2.12 bits per heavy atom. The third kappa shape index (κ3) is 4.25. The maximum Gasteiger partial charge on any atom is 0.185 e. The van der Waals surface area contributed by atoms with Crippen molar-refractivity contribution in [2.45, 2.75) is 0 Å². The van der Waals surface area contributed by atoms with Gasteiger partial charge in [0.1, 0.15) is 11.6 Å². The number of carbonyl (C=O) groups is 1. The molecule has 26 heavy (non-hydrogen) atoms. The zero-order valence-corrected chi connectivity index (χ0v) is 16.0. The second kappa shape index (κ2) is 8.20. The van der Waals surface area contributed by atoms with Gasteiger partial charge in [-0.2, -0.15) is 0 Å². The van der Waals surface area contributed by atoms with Crippen molar-refractivity contribution in [1.29, 1.82) is 0 Å². The number of aromatic hydroxyl groups is 1. The smallest absolute Gasteiger partial charge is 0.185 e. The average molecular weight is 445 g/mol. The van der Waals surface area contributed by atoms with Gasteiger partial charge in [-0.3, -0.25) is 4.79 Å². The first kappa shape index (κ1) is 18.9. The lowest BCUT2D eigenvalue weighted by Crippen LogP contribution is -2.37. The molecule has 6 nitrogen and oxygen atoms in total. The van der Waals surface area contributed by atoms with Crippen LogP contribution in [-0.2, 0) is 4.74 Å². The number of morpholine rings is 1. The predicted molar refractivity (Wildman–Crippen MR) is 101 cm³/mol. The van der Waals surface area contributed by atoms with Crippen LogP contribution in [0.2, 0.25) is 5.02 Å². The molecule has 1 fully saturated rings. The molecule has 2 aromatic rings. The molecule has 0 amide bonds. The molecule has 1 aromatic heterocycles. The van der Waals surface area contributed by atoms with Crippen molar-refractivity contribution in [2.24, 2.45) is 0 Å². The number of nitrogens with zero attached hydrogens (tertiary/aromatic N) is 2. The number of phenols is 1. The molecule has 1 aromatic carbocycles. The quantitative estimate of drug-likeness (QED) is 0.688. The first-order valence-electron chi connectivity index (χ1n) is 7.90. The highest BCUT2D eigenvalue weighted by molar-refractivity contribution is 9.10. The molecule has 0 bridgehead atoms. The largest absolute Gasteiger partial charge is 0.506 e. The highest BCUT2D eigenvalue weighted by Gasteiger charge is 2.18. The fourth-order valence-corrected chi connectivity index (χ4v) is 3.38. The molecular weight excluding hydrogens is 429 g/mol. The number of pyridine rings is 1. The molecule has 0 spiro atoms. The third-order valence-electron chi connectivity index (χ3n) is 3.90. The number of ketones is 1. The lowest BCUT2D eigenvalue weighted by Gasteiger charge is -2.28. The van der Waals surface area contributed by atoms with Gasteiger partial charge in [-0.25, -0.2) is 9.37 Å². The summed E-state index contributed by atoms with van der Waals surface area (Å²) in [6.07, 6.45) is 0. The topological polar surface area (TPSA) is 74.7 Å². The van der Waals surface area contributed by atoms with Crippen molar-refractivity contribution in [3.8, 4) is 5.75 Å². The Bertz CT molecular complexity index is 831. The summed E-state index contributed by atoms with van der Waals surface area (Å²) in [5.41, 5.74) is 0.0902. The number of benzene rings is 1. The lowest BCUT2D eigenvalue weighted by atomic mass is 10.1. The van der Waals surface area contributed by atoms with Crippen molar-refractivity contribution in [3.63, 3.8) is 0 Å². The normalized spacial score (nSPS) is 14.3. The molecule has 3 rings (SSSR count). The van der Waals surface area contributed by atoms with Gasteiger partial charge in [0.05, 0.1) is 30.3 Å². The number of hydrogen-bond acceptors (Lipinski definition) is 6. The molecule has 2 heterocycles. The number of anilines is 2. The first-order valence-corrected chi connectivity index (χ1v) is 9.07. The van der Waals surface area contributed by atoms with E-state index in [0.717, 1.165) is 0 Å². The molecule has 2 N–H and O–H groups in total. The first-order chi connectivity index (χ1) is 12.5. The predicted octanol–water partition coefficient (Wildman–Crippen LogP) is 3.47. The van der Waals surface area contributed by atoms with Crippen molar-refractivity contribution >= 4 is 44.9 Å². The van der Waals surface area contributed by atoms with Gasteiger partial charge >= 0.3 is 0 Å². The summed E-state index contributed by atoms with van der Waals surface area (Å²) in [5, 5.41) is 12.9. The summed E-state index contributed by atoms with van der Waals surface area (Å²) in [7, 11) is 0. The molecule has 9 heteroatoms. The second-order valence-corrected chi connectivity index (χ2v) is 6.98. The molecule has 0 saturated carbocycles. The third-order valence-corrected chi connectivity index (χ3v) is 4.64. The fourth-order valence-electron chi connectivity index (χ4n) is 2.57. The Morgan fingerprint density at radius 3 is 2.85 bits per heavy atom. The number of nitrogens with one attached hydrogen (secondary N) is 1. The van der Waals surface area contributed by atoms with Gasteiger partial charge < -0.3 is 20.1 Å². The Labute approximate surface area is 163 Å². The molecule has 0 radical (unpaired) electrons. The summed E-state index contributed by atoms with van der Waals surface area (Å²) in [4.78, 5) is 18.4. The SMILES string of the molecule is O=C(CNc1ccc(F)c(N2CCOCC2)n1)c1cc(Br)cc(Cl)c1O. The van der Waals surface area contributed by atoms with Crippen LogP contribution in [0.1, 0.15) is 10.4 Å². The van der Waals surface area contributed by atoms with Crippen molar-refractivity contribution < 1.29 is 19.0 Å². The molecule has 138 valence electrons. The van der Waals surface area contributed by atoms with E-state index in [0.29, 0.717) is 36.6 Å². The second-order valence-electron chi connectivity index (χ2n) is 5.66. The van der Waals surface area contributed by atoms with E-state index >= 15 is 0 Å². The van der Waals surface area contributed by atoms with Gasteiger partial charge in [0.25, 0.3) is 0 Å². The minimum absolute atomic E-state index is 0.0808. The zero-order valence-electron chi connectivity index (χ0n) is 13.6. The van der Waals surface area contributed by atoms with Crippen LogP contribution in [0.15, 0.2) is 28.7 Å². The molecule has 1 aliphatic heterocycles. The van der Waals surface area contributed by atoms with Crippen LogP contribution in [-0.4, -0.2) is 48.7 Å². The average Bonchev–Trinajstić information content (AvgIpc) is 2.64. The lowest BCUT2D eigenvalue weighted by molar-refractivity contribution is 0.100. The number of rotatable bonds is 5. The van der Waals surface area contributed by atoms with Crippen LogP contribution in [0.4, 0.5) is 16.0 Å². The molecule has 0 atom stereocenters. The maximum atomic E-state index is 14.1. The molecular formula is C17H16BrClFN3O3. The number of aromatic nitrogens is 1. The van der Waals surface area contributed by atoms with E-state index in [1.54, 1.807) is 4.90 Å². The molecule has 1 aliphatic rings. The highest BCUT2D eigenvalue weighted by Crippen LogP contribution is 2.31. The Morgan fingerprint density at radius 1 is 1.38 bits per heavy atom. The van der Waals surface area contributed by atoms with E-state index in [-0.39, 0.29) is 34.5 Å². The van der Waals surface area contributed by atoms with E-state index < -0.39 is 5.82 Å². The van der Waals surface area contributed by atoms with Crippen molar-refractivity contribution in [3.05, 3.63) is 45.1 Å². The molecule has 1 saturated heterocycles. The van der Waals surface area contributed by atoms with Crippen LogP contribution in [0, 0.1) is 5.82 Å². The van der Waals surface area contributed by atoms with Crippen LogP contribution in [0.3, 0.4) is 0 Å². The minimum Gasteiger partial charge on any atom is -0.506 e. The van der Waals surface area contributed by atoms with E-state index in [1.807, 2.05) is 0 Å². The van der Waals surface area contributed by atoms with Crippen LogP contribution >= 0.6 is 27.5 Å². The number of carbonyl (C=O) groups excluding carboxylic acids is 1. The summed E-state index contributed by atoms with van der Waals surface area (Å²) in [5.74, 6) is -0.492. The van der Waals surface area contributed by atoms with Gasteiger partial charge in [0.15, 0.2) is 17.4 Å². The summed E-state index contributed by atoms with van der Waals surface area (Å²) in [6, 6.07) is 5.75. The molecule has 0 unspecified atom stereocenters. The Kier molecular flexibility index (Phi) is 5.95. The van der Waals surface area contributed by atoms with Crippen LogP contribution < -0.4 is 10.2 Å².